The van der Waals surface area contributed by atoms with Gasteiger partial charge in [-0.1, -0.05) is 19.1 Å². The van der Waals surface area contributed by atoms with Gasteiger partial charge in [-0.15, -0.1) is 0 Å². The Morgan fingerprint density at radius 1 is 1.17 bits per heavy atom. The van der Waals surface area contributed by atoms with E-state index in [9.17, 15) is 4.79 Å². The molecule has 2 heterocycles. The van der Waals surface area contributed by atoms with Gasteiger partial charge in [0.15, 0.2) is 0 Å². The number of piperazine rings is 1. The Morgan fingerprint density at radius 3 is 2.52 bits per heavy atom. The summed E-state index contributed by atoms with van der Waals surface area (Å²) in [5.41, 5.74) is 2.96. The average Bonchev–Trinajstić information content (AvgIpc) is 2.63. The number of aromatic nitrogens is 1. The minimum absolute atomic E-state index is 0.130. The highest BCUT2D eigenvalue weighted by molar-refractivity contribution is 6.03. The maximum absolute atomic E-state index is 12.2. The predicted octanol–water partition coefficient (Wildman–Crippen LogP) is 2.31. The molecule has 120 valence electrons. The number of carbonyl (C=O) groups is 1. The second-order valence-corrected chi connectivity index (χ2v) is 5.64. The van der Waals surface area contributed by atoms with Crippen molar-refractivity contribution < 1.29 is 4.79 Å². The molecular weight excluding hydrogens is 288 g/mol. The van der Waals surface area contributed by atoms with Crippen molar-refractivity contribution in [3.05, 3.63) is 53.7 Å². The lowest BCUT2D eigenvalue weighted by molar-refractivity contribution is 0.102. The van der Waals surface area contributed by atoms with Crippen LogP contribution in [0.5, 0.6) is 0 Å². The molecule has 0 atom stereocenters. The van der Waals surface area contributed by atoms with Gasteiger partial charge in [-0.3, -0.25) is 4.79 Å². The van der Waals surface area contributed by atoms with Gasteiger partial charge >= 0.3 is 0 Å². The zero-order valence-electron chi connectivity index (χ0n) is 13.4. The Balaban J connectivity index is 1.63. The molecule has 1 saturated heterocycles. The molecule has 1 fully saturated rings. The number of aryl methyl sites for hydroxylation is 1. The molecule has 3 rings (SSSR count). The van der Waals surface area contributed by atoms with Gasteiger partial charge in [-0.05, 0) is 36.2 Å². The molecule has 2 aromatic rings. The summed E-state index contributed by atoms with van der Waals surface area (Å²) in [5.74, 6) is 0.448. The first-order valence-corrected chi connectivity index (χ1v) is 8.08. The predicted molar refractivity (Wildman–Crippen MR) is 93.1 cm³/mol. The quantitative estimate of drug-likeness (QED) is 0.910. The molecular formula is C18H22N4O. The van der Waals surface area contributed by atoms with Crippen molar-refractivity contribution in [3.8, 4) is 0 Å². The Kier molecular flexibility index (Phi) is 4.88. The lowest BCUT2D eigenvalue weighted by atomic mass is 10.1. The second-order valence-electron chi connectivity index (χ2n) is 5.64. The van der Waals surface area contributed by atoms with Gasteiger partial charge in [-0.2, -0.15) is 0 Å². The summed E-state index contributed by atoms with van der Waals surface area (Å²) in [5, 5.41) is 6.17. The van der Waals surface area contributed by atoms with E-state index in [1.807, 2.05) is 42.6 Å². The molecule has 0 radical (unpaired) electrons. The summed E-state index contributed by atoms with van der Waals surface area (Å²) >= 11 is 0. The molecule has 5 nitrogen and oxygen atoms in total. The van der Waals surface area contributed by atoms with Crippen LogP contribution in [-0.2, 0) is 6.42 Å². The van der Waals surface area contributed by atoms with Crippen molar-refractivity contribution in [2.75, 3.05) is 36.4 Å². The van der Waals surface area contributed by atoms with E-state index >= 15 is 0 Å². The third-order valence-corrected chi connectivity index (χ3v) is 4.10. The zero-order valence-corrected chi connectivity index (χ0v) is 13.4. The van der Waals surface area contributed by atoms with Crippen LogP contribution in [0.15, 0.2) is 42.6 Å². The van der Waals surface area contributed by atoms with Gasteiger partial charge < -0.3 is 15.5 Å². The molecule has 1 aromatic carbocycles. The SMILES string of the molecule is CCc1ccc(C(=O)Nc2ccc(N3CCNCC3)cn2)cc1. The number of hydrogen-bond donors (Lipinski definition) is 2. The highest BCUT2D eigenvalue weighted by atomic mass is 16.1. The molecule has 0 spiro atoms. The fraction of sp³-hybridized carbons (Fsp3) is 0.333. The maximum Gasteiger partial charge on any atom is 0.256 e. The summed E-state index contributed by atoms with van der Waals surface area (Å²) in [7, 11) is 0. The maximum atomic E-state index is 12.2. The average molecular weight is 310 g/mol. The summed E-state index contributed by atoms with van der Waals surface area (Å²) in [6.45, 7) is 6.05. The highest BCUT2D eigenvalue weighted by Gasteiger charge is 2.11. The third-order valence-electron chi connectivity index (χ3n) is 4.10. The lowest BCUT2D eigenvalue weighted by Crippen LogP contribution is -2.43. The number of benzene rings is 1. The van der Waals surface area contributed by atoms with Crippen molar-refractivity contribution in [3.63, 3.8) is 0 Å². The summed E-state index contributed by atoms with van der Waals surface area (Å²) < 4.78 is 0. The molecule has 1 aliphatic heterocycles. The van der Waals surface area contributed by atoms with Crippen molar-refractivity contribution >= 4 is 17.4 Å². The number of rotatable bonds is 4. The number of pyridine rings is 1. The van der Waals surface area contributed by atoms with Gasteiger partial charge in [0.1, 0.15) is 5.82 Å². The molecule has 5 heteroatoms. The highest BCUT2D eigenvalue weighted by Crippen LogP contribution is 2.16. The molecule has 2 N–H and O–H groups in total. The molecule has 23 heavy (non-hydrogen) atoms. The van der Waals surface area contributed by atoms with E-state index in [4.69, 9.17) is 0 Å². The van der Waals surface area contributed by atoms with Gasteiger partial charge in [0.25, 0.3) is 5.91 Å². The van der Waals surface area contributed by atoms with Crippen LogP contribution < -0.4 is 15.5 Å². The van der Waals surface area contributed by atoms with Crippen LogP contribution in [0.1, 0.15) is 22.8 Å². The van der Waals surface area contributed by atoms with Crippen LogP contribution in [-0.4, -0.2) is 37.1 Å². The van der Waals surface area contributed by atoms with E-state index in [-0.39, 0.29) is 5.91 Å². The standard InChI is InChI=1S/C18H22N4O/c1-2-14-3-5-15(6-4-14)18(23)21-17-8-7-16(13-20-17)22-11-9-19-10-12-22/h3-8,13,19H,2,9-12H2,1H3,(H,20,21,23). The van der Waals surface area contributed by atoms with Gasteiger partial charge in [0, 0.05) is 31.7 Å². The summed E-state index contributed by atoms with van der Waals surface area (Å²) in [4.78, 5) is 18.9. The Hall–Kier alpha value is -2.40. The molecule has 0 bridgehead atoms. The van der Waals surface area contributed by atoms with E-state index in [0.717, 1.165) is 38.3 Å². The number of nitrogens with one attached hydrogen (secondary N) is 2. The third kappa shape index (κ3) is 3.87. The van der Waals surface area contributed by atoms with E-state index < -0.39 is 0 Å². The molecule has 1 amide bonds. The molecule has 1 aromatic heterocycles. The number of nitrogens with zero attached hydrogens (tertiary/aromatic N) is 2. The van der Waals surface area contributed by atoms with Crippen LogP contribution in [0.2, 0.25) is 0 Å². The van der Waals surface area contributed by atoms with Gasteiger partial charge in [-0.25, -0.2) is 4.98 Å². The number of hydrogen-bond acceptors (Lipinski definition) is 4. The normalized spacial score (nSPS) is 14.6. The number of carbonyl (C=O) groups excluding carboxylic acids is 1. The molecule has 0 saturated carbocycles. The van der Waals surface area contributed by atoms with Crippen LogP contribution in [0.25, 0.3) is 0 Å². The molecule has 0 unspecified atom stereocenters. The Labute approximate surface area is 136 Å². The minimum Gasteiger partial charge on any atom is -0.368 e. The Morgan fingerprint density at radius 2 is 1.91 bits per heavy atom. The van der Waals surface area contributed by atoms with Gasteiger partial charge in [0.2, 0.25) is 0 Å². The first kappa shape index (κ1) is 15.5. The van der Waals surface area contributed by atoms with Crippen LogP contribution in [0.4, 0.5) is 11.5 Å². The van der Waals surface area contributed by atoms with Crippen LogP contribution in [0.3, 0.4) is 0 Å². The minimum atomic E-state index is -0.130. The largest absolute Gasteiger partial charge is 0.368 e. The van der Waals surface area contributed by atoms with E-state index in [1.165, 1.54) is 5.56 Å². The van der Waals surface area contributed by atoms with Crippen LogP contribution in [0, 0.1) is 0 Å². The smallest absolute Gasteiger partial charge is 0.256 e. The fourth-order valence-corrected chi connectivity index (χ4v) is 2.65. The number of amides is 1. The summed E-state index contributed by atoms with van der Waals surface area (Å²) in [6.07, 6.45) is 2.79. The first-order valence-electron chi connectivity index (χ1n) is 8.08. The van der Waals surface area contributed by atoms with Crippen LogP contribution >= 0.6 is 0 Å². The topological polar surface area (TPSA) is 57.3 Å². The number of anilines is 2. The van der Waals surface area contributed by atoms with Gasteiger partial charge in [0.05, 0.1) is 11.9 Å². The van der Waals surface area contributed by atoms with Crippen molar-refractivity contribution in [1.82, 2.24) is 10.3 Å². The lowest BCUT2D eigenvalue weighted by Gasteiger charge is -2.29. The van der Waals surface area contributed by atoms with Crippen molar-refractivity contribution in [1.29, 1.82) is 0 Å². The Bertz CT molecular complexity index is 646. The fourth-order valence-electron chi connectivity index (χ4n) is 2.65. The van der Waals surface area contributed by atoms with E-state index in [2.05, 4.69) is 27.4 Å². The van der Waals surface area contributed by atoms with E-state index in [1.54, 1.807) is 0 Å². The molecule has 0 aliphatic carbocycles. The molecule has 1 aliphatic rings. The van der Waals surface area contributed by atoms with E-state index in [0.29, 0.717) is 11.4 Å². The zero-order chi connectivity index (χ0) is 16.1. The monoisotopic (exact) mass is 310 g/mol. The first-order chi connectivity index (χ1) is 11.3. The van der Waals surface area contributed by atoms with Crippen molar-refractivity contribution in [2.24, 2.45) is 0 Å². The summed E-state index contributed by atoms with van der Waals surface area (Å²) in [6, 6.07) is 11.5. The van der Waals surface area contributed by atoms with Crippen molar-refractivity contribution in [2.45, 2.75) is 13.3 Å². The second kappa shape index (κ2) is 7.24.